The van der Waals surface area contributed by atoms with Gasteiger partial charge in [-0.3, -0.25) is 4.90 Å². The highest BCUT2D eigenvalue weighted by atomic mass is 15.2. The van der Waals surface area contributed by atoms with Crippen LogP contribution in [-0.2, 0) is 13.1 Å². The molecule has 1 aromatic rings. The van der Waals surface area contributed by atoms with Gasteiger partial charge in [0.05, 0.1) is 6.54 Å². The molecule has 0 radical (unpaired) electrons. The quantitative estimate of drug-likeness (QED) is 0.861. The molecule has 0 bridgehead atoms. The van der Waals surface area contributed by atoms with Crippen LogP contribution in [0, 0.1) is 5.92 Å². The Morgan fingerprint density at radius 2 is 2.35 bits per heavy atom. The first-order valence-electron chi connectivity index (χ1n) is 6.70. The highest BCUT2D eigenvalue weighted by Gasteiger charge is 2.27. The molecule has 1 aromatic heterocycles. The van der Waals surface area contributed by atoms with Crippen molar-refractivity contribution in [2.75, 3.05) is 13.1 Å². The van der Waals surface area contributed by atoms with E-state index in [9.17, 15) is 0 Å². The minimum Gasteiger partial charge on any atom is -0.334 e. The molecular formula is C13H24N4. The molecule has 2 atom stereocenters. The van der Waals surface area contributed by atoms with Crippen molar-refractivity contribution in [3.05, 3.63) is 18.2 Å². The number of likely N-dealkylation sites (tertiary alicyclic amines) is 1. The average molecular weight is 236 g/mol. The third kappa shape index (κ3) is 2.69. The van der Waals surface area contributed by atoms with Crippen LogP contribution in [0.15, 0.2) is 12.4 Å². The molecule has 2 N–H and O–H groups in total. The van der Waals surface area contributed by atoms with Gasteiger partial charge in [-0.05, 0) is 32.2 Å². The van der Waals surface area contributed by atoms with Crippen LogP contribution in [0.3, 0.4) is 0 Å². The zero-order chi connectivity index (χ0) is 12.3. The molecule has 4 nitrogen and oxygen atoms in total. The fourth-order valence-corrected chi connectivity index (χ4v) is 2.87. The summed E-state index contributed by atoms with van der Waals surface area (Å²) in [7, 11) is 0. The maximum Gasteiger partial charge on any atom is 0.122 e. The Bertz CT molecular complexity index is 347. The van der Waals surface area contributed by atoms with Crippen molar-refractivity contribution in [3.8, 4) is 0 Å². The standard InChI is InChI=1S/C13H24N4/c1-3-16-8-6-15-13(16)10-17-7-4-5-11(2)12(17)9-14/h6,8,11-12H,3-5,7,9-10,14H2,1-2H3. The van der Waals surface area contributed by atoms with Crippen LogP contribution in [-0.4, -0.2) is 33.6 Å². The number of aromatic nitrogens is 2. The predicted octanol–water partition coefficient (Wildman–Crippen LogP) is 1.46. The van der Waals surface area contributed by atoms with Gasteiger partial charge < -0.3 is 10.3 Å². The minimum absolute atomic E-state index is 0.519. The van der Waals surface area contributed by atoms with E-state index in [2.05, 4.69) is 34.5 Å². The summed E-state index contributed by atoms with van der Waals surface area (Å²) < 4.78 is 2.22. The Labute approximate surface area is 104 Å². The molecular weight excluding hydrogens is 212 g/mol. The van der Waals surface area contributed by atoms with Crippen LogP contribution in [0.25, 0.3) is 0 Å². The van der Waals surface area contributed by atoms with Gasteiger partial charge in [0, 0.05) is 31.5 Å². The molecule has 17 heavy (non-hydrogen) atoms. The van der Waals surface area contributed by atoms with Crippen LogP contribution in [0.2, 0.25) is 0 Å². The summed E-state index contributed by atoms with van der Waals surface area (Å²) in [5.41, 5.74) is 5.91. The fourth-order valence-electron chi connectivity index (χ4n) is 2.87. The first kappa shape index (κ1) is 12.6. The number of rotatable bonds is 4. The minimum atomic E-state index is 0.519. The van der Waals surface area contributed by atoms with E-state index >= 15 is 0 Å². The van der Waals surface area contributed by atoms with E-state index in [1.165, 1.54) is 18.7 Å². The summed E-state index contributed by atoms with van der Waals surface area (Å²) >= 11 is 0. The average Bonchev–Trinajstić information content (AvgIpc) is 2.77. The lowest BCUT2D eigenvalue weighted by Crippen LogP contribution is -2.48. The van der Waals surface area contributed by atoms with Crippen molar-refractivity contribution < 1.29 is 0 Å². The predicted molar refractivity (Wildman–Crippen MR) is 69.6 cm³/mol. The van der Waals surface area contributed by atoms with Crippen molar-refractivity contribution >= 4 is 0 Å². The van der Waals surface area contributed by atoms with Crippen molar-refractivity contribution in [2.24, 2.45) is 11.7 Å². The molecule has 0 saturated carbocycles. The SMILES string of the molecule is CCn1ccnc1CN1CCCC(C)C1CN. The number of hydrogen-bond acceptors (Lipinski definition) is 3. The van der Waals surface area contributed by atoms with Gasteiger partial charge in [0.25, 0.3) is 0 Å². The van der Waals surface area contributed by atoms with Gasteiger partial charge >= 0.3 is 0 Å². The second kappa shape index (κ2) is 5.65. The largest absolute Gasteiger partial charge is 0.334 e. The lowest BCUT2D eigenvalue weighted by Gasteiger charge is -2.39. The number of nitrogens with two attached hydrogens (primary N) is 1. The van der Waals surface area contributed by atoms with Crippen LogP contribution in [0.4, 0.5) is 0 Å². The van der Waals surface area contributed by atoms with E-state index in [1.54, 1.807) is 0 Å². The summed E-state index contributed by atoms with van der Waals surface area (Å²) in [6.07, 6.45) is 6.54. The number of hydrogen-bond donors (Lipinski definition) is 1. The molecule has 4 heteroatoms. The second-order valence-corrected chi connectivity index (χ2v) is 5.02. The lowest BCUT2D eigenvalue weighted by molar-refractivity contribution is 0.0952. The number of nitrogens with zero attached hydrogens (tertiary/aromatic N) is 3. The van der Waals surface area contributed by atoms with Crippen molar-refractivity contribution in [1.29, 1.82) is 0 Å². The normalized spacial score (nSPS) is 26.3. The van der Waals surface area contributed by atoms with E-state index in [0.29, 0.717) is 12.0 Å². The zero-order valence-corrected chi connectivity index (χ0v) is 11.0. The highest BCUT2D eigenvalue weighted by Crippen LogP contribution is 2.23. The van der Waals surface area contributed by atoms with Crippen molar-refractivity contribution in [2.45, 2.75) is 45.8 Å². The first-order valence-corrected chi connectivity index (χ1v) is 6.70. The third-order valence-corrected chi connectivity index (χ3v) is 3.96. The Hall–Kier alpha value is -0.870. The molecule has 1 saturated heterocycles. The third-order valence-electron chi connectivity index (χ3n) is 3.96. The molecule has 0 aromatic carbocycles. The summed E-state index contributed by atoms with van der Waals surface area (Å²) in [5.74, 6) is 1.87. The fraction of sp³-hybridized carbons (Fsp3) is 0.769. The smallest absolute Gasteiger partial charge is 0.122 e. The molecule has 1 aliphatic rings. The number of piperidine rings is 1. The molecule has 2 heterocycles. The molecule has 2 rings (SSSR count). The summed E-state index contributed by atoms with van der Waals surface area (Å²) in [4.78, 5) is 6.96. The summed E-state index contributed by atoms with van der Waals surface area (Å²) in [6, 6.07) is 0.519. The van der Waals surface area contributed by atoms with Crippen LogP contribution in [0.5, 0.6) is 0 Å². The molecule has 0 aliphatic carbocycles. The maximum absolute atomic E-state index is 5.91. The van der Waals surface area contributed by atoms with E-state index < -0.39 is 0 Å². The molecule has 1 fully saturated rings. The lowest BCUT2D eigenvalue weighted by atomic mass is 9.91. The van der Waals surface area contributed by atoms with Crippen LogP contribution >= 0.6 is 0 Å². The maximum atomic E-state index is 5.91. The van der Waals surface area contributed by atoms with Gasteiger partial charge in [0.1, 0.15) is 5.82 Å². The first-order chi connectivity index (χ1) is 8.26. The molecule has 0 spiro atoms. The number of imidazole rings is 1. The van der Waals surface area contributed by atoms with E-state index in [4.69, 9.17) is 5.73 Å². The van der Waals surface area contributed by atoms with Gasteiger partial charge in [-0.2, -0.15) is 0 Å². The summed E-state index contributed by atoms with van der Waals surface area (Å²) in [5, 5.41) is 0. The van der Waals surface area contributed by atoms with Gasteiger partial charge in [-0.25, -0.2) is 4.98 Å². The molecule has 96 valence electrons. The zero-order valence-electron chi connectivity index (χ0n) is 11.0. The molecule has 2 unspecified atom stereocenters. The molecule has 0 amide bonds. The Morgan fingerprint density at radius 3 is 3.06 bits per heavy atom. The topological polar surface area (TPSA) is 47.1 Å². The van der Waals surface area contributed by atoms with Crippen molar-refractivity contribution in [1.82, 2.24) is 14.5 Å². The summed E-state index contributed by atoms with van der Waals surface area (Å²) in [6.45, 7) is 8.32. The Kier molecular flexibility index (Phi) is 4.18. The monoisotopic (exact) mass is 236 g/mol. The van der Waals surface area contributed by atoms with Gasteiger partial charge in [0.2, 0.25) is 0 Å². The van der Waals surface area contributed by atoms with E-state index in [-0.39, 0.29) is 0 Å². The molecule has 1 aliphatic heterocycles. The highest BCUT2D eigenvalue weighted by molar-refractivity contribution is 4.94. The van der Waals surface area contributed by atoms with Crippen LogP contribution in [0.1, 0.15) is 32.5 Å². The Morgan fingerprint density at radius 1 is 1.53 bits per heavy atom. The number of aryl methyl sites for hydroxylation is 1. The Balaban J connectivity index is 2.06. The van der Waals surface area contributed by atoms with Gasteiger partial charge in [0.15, 0.2) is 0 Å². The van der Waals surface area contributed by atoms with Gasteiger partial charge in [-0.15, -0.1) is 0 Å². The van der Waals surface area contributed by atoms with Gasteiger partial charge in [-0.1, -0.05) is 6.92 Å². The van der Waals surface area contributed by atoms with Crippen molar-refractivity contribution in [3.63, 3.8) is 0 Å². The van der Waals surface area contributed by atoms with Crippen LogP contribution < -0.4 is 5.73 Å². The van der Waals surface area contributed by atoms with E-state index in [1.807, 2.05) is 6.20 Å². The second-order valence-electron chi connectivity index (χ2n) is 5.02. The van der Waals surface area contributed by atoms with E-state index in [0.717, 1.165) is 26.2 Å².